The smallest absolute Gasteiger partial charge is 0.306 e. The topological polar surface area (TPSA) is 72.5 Å². The molecule has 0 saturated heterocycles. The largest absolute Gasteiger partial charge is 0.481 e. The molecule has 1 fully saturated rings. The third-order valence-electron chi connectivity index (χ3n) is 2.36. The van der Waals surface area contributed by atoms with Gasteiger partial charge >= 0.3 is 5.97 Å². The number of hydrogen-bond donors (Lipinski definition) is 2. The van der Waals surface area contributed by atoms with E-state index >= 15 is 0 Å². The fourth-order valence-corrected chi connectivity index (χ4v) is 1.55. The lowest BCUT2D eigenvalue weighted by molar-refractivity contribution is -0.143. The van der Waals surface area contributed by atoms with Crippen molar-refractivity contribution < 1.29 is 14.6 Å². The van der Waals surface area contributed by atoms with Gasteiger partial charge < -0.3 is 15.6 Å². The predicted octanol–water partition coefficient (Wildman–Crippen LogP) is 0.851. The first kappa shape index (κ1) is 12.4. The van der Waals surface area contributed by atoms with Crippen molar-refractivity contribution >= 4 is 5.97 Å². The highest BCUT2D eigenvalue weighted by molar-refractivity contribution is 5.69. The highest BCUT2D eigenvalue weighted by Gasteiger charge is 2.25. The van der Waals surface area contributed by atoms with Crippen molar-refractivity contribution in [2.45, 2.75) is 31.8 Å². The van der Waals surface area contributed by atoms with Crippen LogP contribution in [0.4, 0.5) is 0 Å². The maximum Gasteiger partial charge on any atom is 0.306 e. The molecule has 4 heteroatoms. The van der Waals surface area contributed by atoms with E-state index in [1.807, 2.05) is 0 Å². The molecule has 0 heterocycles. The summed E-state index contributed by atoms with van der Waals surface area (Å²) in [6, 6.07) is 0. The molecular weight excluding hydrogens is 170 g/mol. The molecular formula is C9H19NO3. The van der Waals surface area contributed by atoms with Crippen LogP contribution in [-0.2, 0) is 9.53 Å². The van der Waals surface area contributed by atoms with E-state index < -0.39 is 5.97 Å². The Kier molecular flexibility index (Phi) is 6.54. The molecule has 13 heavy (non-hydrogen) atoms. The highest BCUT2D eigenvalue weighted by atomic mass is 16.5. The summed E-state index contributed by atoms with van der Waals surface area (Å²) in [6.07, 6.45) is 3.63. The third-order valence-corrected chi connectivity index (χ3v) is 2.36. The Labute approximate surface area is 79.1 Å². The summed E-state index contributed by atoms with van der Waals surface area (Å²) < 4.78 is 5.13. The number of aliphatic carboxylic acids is 1. The minimum Gasteiger partial charge on any atom is -0.481 e. The fraction of sp³-hybridized carbons (Fsp3) is 0.889. The molecule has 0 amide bonds. The van der Waals surface area contributed by atoms with E-state index in [0.717, 1.165) is 25.7 Å². The Morgan fingerprint density at radius 1 is 1.31 bits per heavy atom. The standard InChI is InChI=1S/C8H14O3.CH5N/c1-11-7-4-2-6(3-5-7)8(9)10;1-2/h6-7H,2-5H2,1H3,(H,9,10);2H2,1H3. The fourth-order valence-electron chi connectivity index (χ4n) is 1.55. The van der Waals surface area contributed by atoms with E-state index in [1.54, 1.807) is 7.11 Å². The molecule has 78 valence electrons. The minimum absolute atomic E-state index is 0.124. The summed E-state index contributed by atoms with van der Waals surface area (Å²) in [4.78, 5) is 10.5. The summed E-state index contributed by atoms with van der Waals surface area (Å²) in [7, 11) is 3.19. The number of methoxy groups -OCH3 is 1. The van der Waals surface area contributed by atoms with Gasteiger partial charge in [0.1, 0.15) is 0 Å². The van der Waals surface area contributed by atoms with Gasteiger partial charge in [-0.3, -0.25) is 4.79 Å². The molecule has 0 aromatic heterocycles. The zero-order chi connectivity index (χ0) is 10.3. The second-order valence-electron chi connectivity index (χ2n) is 3.05. The summed E-state index contributed by atoms with van der Waals surface area (Å²) in [5, 5.41) is 8.66. The number of rotatable bonds is 2. The Morgan fingerprint density at radius 2 is 1.77 bits per heavy atom. The number of nitrogens with two attached hydrogens (primary N) is 1. The van der Waals surface area contributed by atoms with Gasteiger partial charge in [-0.05, 0) is 32.7 Å². The molecule has 1 rings (SSSR count). The summed E-state index contributed by atoms with van der Waals surface area (Å²) >= 11 is 0. The Balaban J connectivity index is 0.000000671. The summed E-state index contributed by atoms with van der Waals surface area (Å²) in [5.41, 5.74) is 4.50. The van der Waals surface area contributed by atoms with Crippen LogP contribution in [0.25, 0.3) is 0 Å². The van der Waals surface area contributed by atoms with E-state index in [0.29, 0.717) is 6.10 Å². The van der Waals surface area contributed by atoms with Crippen LogP contribution in [0.3, 0.4) is 0 Å². The molecule has 1 aliphatic rings. The lowest BCUT2D eigenvalue weighted by atomic mass is 9.87. The van der Waals surface area contributed by atoms with Crippen LogP contribution in [0, 0.1) is 5.92 Å². The zero-order valence-corrected chi connectivity index (χ0v) is 8.32. The van der Waals surface area contributed by atoms with E-state index in [4.69, 9.17) is 9.84 Å². The average molecular weight is 189 g/mol. The van der Waals surface area contributed by atoms with Gasteiger partial charge in [-0.2, -0.15) is 0 Å². The van der Waals surface area contributed by atoms with E-state index in [9.17, 15) is 4.79 Å². The van der Waals surface area contributed by atoms with Gasteiger partial charge in [0.25, 0.3) is 0 Å². The SMILES string of the molecule is CN.COC1CCC(C(=O)O)CC1. The van der Waals surface area contributed by atoms with Gasteiger partial charge in [0, 0.05) is 7.11 Å². The Bertz CT molecular complexity index is 142. The first-order valence-electron chi connectivity index (χ1n) is 4.57. The highest BCUT2D eigenvalue weighted by Crippen LogP contribution is 2.25. The Hall–Kier alpha value is -0.610. The molecule has 0 atom stereocenters. The van der Waals surface area contributed by atoms with Gasteiger partial charge in [0.05, 0.1) is 12.0 Å². The molecule has 3 N–H and O–H groups in total. The Morgan fingerprint density at radius 3 is 2.08 bits per heavy atom. The molecule has 1 saturated carbocycles. The maximum absolute atomic E-state index is 10.5. The average Bonchev–Trinajstić information content (AvgIpc) is 2.21. The normalized spacial score (nSPS) is 27.3. The van der Waals surface area contributed by atoms with Crippen molar-refractivity contribution in [1.82, 2.24) is 0 Å². The quantitative estimate of drug-likeness (QED) is 0.675. The lowest BCUT2D eigenvalue weighted by Gasteiger charge is -2.24. The van der Waals surface area contributed by atoms with Crippen molar-refractivity contribution in [2.75, 3.05) is 14.2 Å². The van der Waals surface area contributed by atoms with Gasteiger partial charge in [0.2, 0.25) is 0 Å². The first-order valence-corrected chi connectivity index (χ1v) is 4.57. The van der Waals surface area contributed by atoms with Crippen molar-refractivity contribution in [2.24, 2.45) is 11.7 Å². The van der Waals surface area contributed by atoms with E-state index in [1.165, 1.54) is 7.05 Å². The number of carboxylic acids is 1. The van der Waals surface area contributed by atoms with E-state index in [2.05, 4.69) is 5.73 Å². The third kappa shape index (κ3) is 4.24. The molecule has 0 aliphatic heterocycles. The van der Waals surface area contributed by atoms with Crippen molar-refractivity contribution in [1.29, 1.82) is 0 Å². The van der Waals surface area contributed by atoms with Crippen molar-refractivity contribution in [3.05, 3.63) is 0 Å². The van der Waals surface area contributed by atoms with E-state index in [-0.39, 0.29) is 5.92 Å². The van der Waals surface area contributed by atoms with Crippen LogP contribution in [-0.4, -0.2) is 31.3 Å². The molecule has 1 aliphatic carbocycles. The van der Waals surface area contributed by atoms with Crippen LogP contribution in [0.2, 0.25) is 0 Å². The number of carboxylic acid groups (broad SMARTS) is 1. The molecule has 4 nitrogen and oxygen atoms in total. The second-order valence-corrected chi connectivity index (χ2v) is 3.05. The molecule has 0 radical (unpaired) electrons. The van der Waals surface area contributed by atoms with Crippen LogP contribution in [0.15, 0.2) is 0 Å². The monoisotopic (exact) mass is 189 g/mol. The second kappa shape index (κ2) is 6.86. The molecule has 0 aromatic carbocycles. The van der Waals surface area contributed by atoms with Crippen LogP contribution >= 0.6 is 0 Å². The minimum atomic E-state index is -0.653. The first-order chi connectivity index (χ1) is 6.24. The van der Waals surface area contributed by atoms with Gasteiger partial charge in [-0.15, -0.1) is 0 Å². The number of carbonyl (C=O) groups is 1. The molecule has 0 bridgehead atoms. The maximum atomic E-state index is 10.5. The summed E-state index contributed by atoms with van der Waals surface area (Å²) in [6.45, 7) is 0. The van der Waals surface area contributed by atoms with Crippen LogP contribution in [0.5, 0.6) is 0 Å². The van der Waals surface area contributed by atoms with Crippen molar-refractivity contribution in [3.8, 4) is 0 Å². The van der Waals surface area contributed by atoms with Gasteiger partial charge in [0.15, 0.2) is 0 Å². The zero-order valence-electron chi connectivity index (χ0n) is 8.32. The number of hydrogen-bond acceptors (Lipinski definition) is 3. The molecule has 0 aromatic rings. The molecule has 0 spiro atoms. The van der Waals surface area contributed by atoms with Gasteiger partial charge in [-0.1, -0.05) is 0 Å². The summed E-state index contributed by atoms with van der Waals surface area (Å²) in [5.74, 6) is -0.777. The van der Waals surface area contributed by atoms with Crippen LogP contribution < -0.4 is 5.73 Å². The van der Waals surface area contributed by atoms with Gasteiger partial charge in [-0.25, -0.2) is 0 Å². The lowest BCUT2D eigenvalue weighted by Crippen LogP contribution is -2.25. The van der Waals surface area contributed by atoms with Crippen LogP contribution in [0.1, 0.15) is 25.7 Å². The molecule has 0 unspecified atom stereocenters. The predicted molar refractivity (Wildman–Crippen MR) is 50.5 cm³/mol. The van der Waals surface area contributed by atoms with Crippen molar-refractivity contribution in [3.63, 3.8) is 0 Å². The number of ether oxygens (including phenoxy) is 1.